The summed E-state index contributed by atoms with van der Waals surface area (Å²) >= 11 is 0. The number of hydrogen-bond acceptors (Lipinski definition) is 4. The minimum atomic E-state index is -0.427. The summed E-state index contributed by atoms with van der Waals surface area (Å²) in [5.41, 5.74) is 4.42. The van der Waals surface area contributed by atoms with Crippen molar-refractivity contribution in [2.24, 2.45) is 0 Å². The molecular weight excluding hydrogens is 360 g/mol. The summed E-state index contributed by atoms with van der Waals surface area (Å²) in [4.78, 5) is 0.939. The Morgan fingerprint density at radius 3 is 2.50 bits per heavy atom. The highest BCUT2D eigenvalue weighted by Crippen LogP contribution is 2.67. The highest BCUT2D eigenvalue weighted by atomic mass is 33.1. The smallest absolute Gasteiger partial charge is 0.134 e. The SMILES string of the molecule is CCC(C)(C)c1cc2c(O)c(c1)C1(CC(C)(C)c3ccc(O)c1c3)SS2. The Morgan fingerprint density at radius 1 is 1.08 bits per heavy atom. The van der Waals surface area contributed by atoms with Crippen LogP contribution in [0.4, 0.5) is 0 Å². The van der Waals surface area contributed by atoms with Crippen molar-refractivity contribution in [1.82, 2.24) is 0 Å². The van der Waals surface area contributed by atoms with Crippen LogP contribution in [0.2, 0.25) is 0 Å². The monoisotopic (exact) mass is 386 g/mol. The second-order valence-electron chi connectivity index (χ2n) is 8.89. The van der Waals surface area contributed by atoms with Gasteiger partial charge in [0.2, 0.25) is 0 Å². The second-order valence-corrected chi connectivity index (χ2v) is 11.4. The van der Waals surface area contributed by atoms with Crippen molar-refractivity contribution in [2.75, 3.05) is 0 Å². The number of phenols is 2. The van der Waals surface area contributed by atoms with Gasteiger partial charge in [0.05, 0.1) is 9.64 Å². The van der Waals surface area contributed by atoms with Crippen molar-refractivity contribution in [3.05, 3.63) is 52.6 Å². The van der Waals surface area contributed by atoms with E-state index in [0.717, 1.165) is 28.9 Å². The van der Waals surface area contributed by atoms with Crippen LogP contribution < -0.4 is 0 Å². The summed E-state index contributed by atoms with van der Waals surface area (Å²) in [6.07, 6.45) is 1.89. The van der Waals surface area contributed by atoms with Crippen LogP contribution in [-0.4, -0.2) is 10.2 Å². The molecule has 2 nitrogen and oxygen atoms in total. The molecule has 0 fully saturated rings. The number of benzene rings is 2. The van der Waals surface area contributed by atoms with E-state index in [1.807, 2.05) is 12.1 Å². The first kappa shape index (κ1) is 18.1. The Hall–Kier alpha value is -1.26. The second kappa shape index (κ2) is 5.62. The third-order valence-corrected chi connectivity index (χ3v) is 9.44. The molecule has 4 bridgehead atoms. The van der Waals surface area contributed by atoms with E-state index in [4.69, 9.17) is 0 Å². The molecule has 1 aliphatic heterocycles. The van der Waals surface area contributed by atoms with Crippen molar-refractivity contribution in [2.45, 2.75) is 67.9 Å². The van der Waals surface area contributed by atoms with Crippen LogP contribution in [0.3, 0.4) is 0 Å². The van der Waals surface area contributed by atoms with Gasteiger partial charge in [0.1, 0.15) is 11.5 Å². The molecule has 4 heteroatoms. The molecule has 2 aliphatic rings. The van der Waals surface area contributed by atoms with Crippen LogP contribution in [-0.2, 0) is 15.6 Å². The number of hydrogen-bond donors (Lipinski definition) is 2. The first-order valence-corrected chi connectivity index (χ1v) is 11.3. The maximum absolute atomic E-state index is 11.0. The molecule has 2 aromatic rings. The van der Waals surface area contributed by atoms with E-state index in [2.05, 4.69) is 52.8 Å². The minimum absolute atomic E-state index is 0.0194. The van der Waals surface area contributed by atoms with Gasteiger partial charge in [-0.15, -0.1) is 0 Å². The van der Waals surface area contributed by atoms with Crippen molar-refractivity contribution in [3.8, 4) is 11.5 Å². The molecule has 4 rings (SSSR count). The van der Waals surface area contributed by atoms with Crippen LogP contribution >= 0.6 is 21.6 Å². The van der Waals surface area contributed by atoms with Gasteiger partial charge in [0.15, 0.2) is 0 Å². The molecular formula is C22H26O2S2. The molecule has 138 valence electrons. The molecule has 0 saturated carbocycles. The zero-order valence-electron chi connectivity index (χ0n) is 16.0. The summed E-state index contributed by atoms with van der Waals surface area (Å²) in [6.45, 7) is 11.2. The first-order chi connectivity index (χ1) is 12.1. The molecule has 1 heterocycles. The molecule has 2 N–H and O–H groups in total. The number of phenolic OH excluding ortho intramolecular Hbond substituents is 2. The van der Waals surface area contributed by atoms with E-state index in [1.165, 1.54) is 11.1 Å². The molecule has 0 saturated heterocycles. The summed E-state index contributed by atoms with van der Waals surface area (Å²) in [6, 6.07) is 10.3. The predicted octanol–water partition coefficient (Wildman–Crippen LogP) is 6.46. The summed E-state index contributed by atoms with van der Waals surface area (Å²) in [5, 5.41) is 21.7. The molecule has 1 aliphatic carbocycles. The lowest BCUT2D eigenvalue weighted by molar-refractivity contribution is 0.377. The topological polar surface area (TPSA) is 40.5 Å². The normalized spacial score (nSPS) is 23.3. The standard InChI is InChI=1S/C22H26O2S2/c1-6-20(2,3)14-10-16-19(24)18(11-14)25-26-22(16)12-21(4,5)13-7-8-17(23)15(22)9-13/h7-11,23-24H,6,12H2,1-5H3. The quantitative estimate of drug-likeness (QED) is 0.581. The number of aromatic hydroxyl groups is 2. The largest absolute Gasteiger partial charge is 0.508 e. The lowest BCUT2D eigenvalue weighted by Crippen LogP contribution is -2.38. The maximum Gasteiger partial charge on any atom is 0.134 e. The fourth-order valence-electron chi connectivity index (χ4n) is 4.15. The van der Waals surface area contributed by atoms with Crippen LogP contribution in [0, 0.1) is 0 Å². The molecule has 0 amide bonds. The van der Waals surface area contributed by atoms with Gasteiger partial charge in [-0.05, 0) is 59.1 Å². The number of fused-ring (bicyclic) bond motifs is 6. The summed E-state index contributed by atoms with van der Waals surface area (Å²) in [5.74, 6) is 0.701. The summed E-state index contributed by atoms with van der Waals surface area (Å²) < 4.78 is -0.427. The van der Waals surface area contributed by atoms with Gasteiger partial charge in [-0.1, -0.05) is 62.3 Å². The van der Waals surface area contributed by atoms with Crippen LogP contribution in [0.5, 0.6) is 11.5 Å². The summed E-state index contributed by atoms with van der Waals surface area (Å²) in [7, 11) is 3.41. The van der Waals surface area contributed by atoms with E-state index in [9.17, 15) is 10.2 Å². The third-order valence-electron chi connectivity index (χ3n) is 6.35. The van der Waals surface area contributed by atoms with Crippen molar-refractivity contribution in [3.63, 3.8) is 0 Å². The molecule has 2 aromatic carbocycles. The Labute approximate surface area is 163 Å². The first-order valence-electron chi connectivity index (χ1n) is 9.18. The Balaban J connectivity index is 2.01. The van der Waals surface area contributed by atoms with Gasteiger partial charge in [-0.25, -0.2) is 0 Å². The highest BCUT2D eigenvalue weighted by Gasteiger charge is 2.50. The van der Waals surface area contributed by atoms with Crippen LogP contribution in [0.25, 0.3) is 0 Å². The van der Waals surface area contributed by atoms with Crippen LogP contribution in [0.1, 0.15) is 69.7 Å². The molecule has 0 radical (unpaired) electrons. The van der Waals surface area contributed by atoms with Gasteiger partial charge < -0.3 is 10.2 Å². The average molecular weight is 387 g/mol. The molecule has 1 unspecified atom stereocenters. The van der Waals surface area contributed by atoms with Crippen molar-refractivity contribution < 1.29 is 10.2 Å². The lowest BCUT2D eigenvalue weighted by Gasteiger charge is -2.47. The maximum atomic E-state index is 11.0. The molecule has 0 aromatic heterocycles. The zero-order chi connectivity index (χ0) is 18.9. The predicted molar refractivity (Wildman–Crippen MR) is 111 cm³/mol. The minimum Gasteiger partial charge on any atom is -0.508 e. The molecule has 26 heavy (non-hydrogen) atoms. The van der Waals surface area contributed by atoms with Crippen molar-refractivity contribution in [1.29, 1.82) is 0 Å². The average Bonchev–Trinajstić information content (AvgIpc) is 2.57. The van der Waals surface area contributed by atoms with Crippen LogP contribution in [0.15, 0.2) is 35.2 Å². The Kier molecular flexibility index (Phi) is 3.92. The van der Waals surface area contributed by atoms with Gasteiger partial charge in [-0.3, -0.25) is 0 Å². The molecule has 1 spiro atoms. The van der Waals surface area contributed by atoms with Gasteiger partial charge in [0, 0.05) is 11.1 Å². The Morgan fingerprint density at radius 2 is 1.81 bits per heavy atom. The van der Waals surface area contributed by atoms with E-state index in [0.29, 0.717) is 11.5 Å². The van der Waals surface area contributed by atoms with E-state index < -0.39 is 4.75 Å². The van der Waals surface area contributed by atoms with Gasteiger partial charge in [0.25, 0.3) is 0 Å². The van der Waals surface area contributed by atoms with Gasteiger partial charge >= 0.3 is 0 Å². The Bertz CT molecular complexity index is 901. The zero-order valence-corrected chi connectivity index (χ0v) is 17.6. The van der Waals surface area contributed by atoms with Gasteiger partial charge in [-0.2, -0.15) is 0 Å². The molecule has 1 atom stereocenters. The lowest BCUT2D eigenvalue weighted by atomic mass is 9.66. The highest BCUT2D eigenvalue weighted by molar-refractivity contribution is 8.77. The fourth-order valence-corrected chi connectivity index (χ4v) is 7.46. The fraction of sp³-hybridized carbons (Fsp3) is 0.455. The van der Waals surface area contributed by atoms with Crippen molar-refractivity contribution >= 4 is 21.6 Å². The third kappa shape index (κ3) is 2.41. The van der Waals surface area contributed by atoms with E-state index in [-0.39, 0.29) is 10.8 Å². The van der Waals surface area contributed by atoms with E-state index >= 15 is 0 Å². The number of rotatable bonds is 2. The van der Waals surface area contributed by atoms with E-state index in [1.54, 1.807) is 21.6 Å².